The van der Waals surface area contributed by atoms with Crippen molar-refractivity contribution in [3.05, 3.63) is 65.1 Å². The molecule has 0 saturated carbocycles. The van der Waals surface area contributed by atoms with E-state index in [2.05, 4.69) is 44.6 Å². The predicted molar refractivity (Wildman–Crippen MR) is 105 cm³/mol. The number of tetrazole rings is 1. The van der Waals surface area contributed by atoms with Gasteiger partial charge in [-0.05, 0) is 44.5 Å². The first-order chi connectivity index (χ1) is 13.5. The fourth-order valence-electron chi connectivity index (χ4n) is 2.29. The maximum atomic E-state index is 5.61. The molecule has 146 valence electrons. The van der Waals surface area contributed by atoms with E-state index in [-0.39, 0.29) is 12.6 Å². The number of hydrogen-bond donors (Lipinski definition) is 0. The third-order valence-corrected chi connectivity index (χ3v) is 3.99. The Morgan fingerprint density at radius 2 is 1.89 bits per heavy atom. The van der Waals surface area contributed by atoms with Crippen LogP contribution in [0, 0.1) is 6.92 Å². The van der Waals surface area contributed by atoms with Crippen LogP contribution in [0.4, 0.5) is 0 Å². The van der Waals surface area contributed by atoms with E-state index in [0.717, 1.165) is 16.8 Å². The maximum absolute atomic E-state index is 5.61. The SMILES string of the molecule is C/C(=N\OCc1ccc(C)cc1)c1ccc(OCc2nnn(C(C)C)n2)nc1. The van der Waals surface area contributed by atoms with E-state index in [4.69, 9.17) is 9.57 Å². The minimum Gasteiger partial charge on any atom is -0.469 e. The van der Waals surface area contributed by atoms with Gasteiger partial charge in [0.05, 0.1) is 11.8 Å². The molecule has 0 N–H and O–H groups in total. The largest absolute Gasteiger partial charge is 0.469 e. The van der Waals surface area contributed by atoms with Crippen molar-refractivity contribution in [2.75, 3.05) is 0 Å². The Hall–Kier alpha value is -3.29. The Morgan fingerprint density at radius 1 is 1.11 bits per heavy atom. The van der Waals surface area contributed by atoms with Crippen LogP contribution in [0.5, 0.6) is 5.88 Å². The summed E-state index contributed by atoms with van der Waals surface area (Å²) in [6.07, 6.45) is 1.70. The Morgan fingerprint density at radius 3 is 2.54 bits per heavy atom. The van der Waals surface area contributed by atoms with E-state index >= 15 is 0 Å². The molecule has 0 bridgehead atoms. The number of benzene rings is 1. The minimum atomic E-state index is 0.161. The maximum Gasteiger partial charge on any atom is 0.213 e. The highest BCUT2D eigenvalue weighted by molar-refractivity contribution is 5.98. The van der Waals surface area contributed by atoms with Crippen molar-refractivity contribution in [3.63, 3.8) is 0 Å². The molecule has 28 heavy (non-hydrogen) atoms. The van der Waals surface area contributed by atoms with Gasteiger partial charge in [-0.25, -0.2) is 4.98 Å². The van der Waals surface area contributed by atoms with Crippen LogP contribution in [0.2, 0.25) is 0 Å². The summed E-state index contributed by atoms with van der Waals surface area (Å²) in [5.74, 6) is 1.000. The highest BCUT2D eigenvalue weighted by atomic mass is 16.6. The van der Waals surface area contributed by atoms with Gasteiger partial charge in [-0.1, -0.05) is 35.0 Å². The van der Waals surface area contributed by atoms with Gasteiger partial charge in [0, 0.05) is 17.8 Å². The molecular formula is C20H24N6O2. The monoisotopic (exact) mass is 380 g/mol. The number of aromatic nitrogens is 5. The average molecular weight is 380 g/mol. The van der Waals surface area contributed by atoms with Gasteiger partial charge < -0.3 is 9.57 Å². The zero-order chi connectivity index (χ0) is 19.9. The molecule has 0 saturated heterocycles. The number of nitrogens with zero attached hydrogens (tertiary/aromatic N) is 6. The first-order valence-corrected chi connectivity index (χ1v) is 9.11. The molecule has 2 heterocycles. The zero-order valence-electron chi connectivity index (χ0n) is 16.5. The van der Waals surface area contributed by atoms with Crippen LogP contribution in [0.25, 0.3) is 0 Å². The number of hydrogen-bond acceptors (Lipinski definition) is 7. The van der Waals surface area contributed by atoms with Crippen LogP contribution < -0.4 is 4.74 Å². The Balaban J connectivity index is 1.51. The van der Waals surface area contributed by atoms with E-state index in [1.54, 1.807) is 17.1 Å². The summed E-state index contributed by atoms with van der Waals surface area (Å²) in [6, 6.07) is 12.0. The summed E-state index contributed by atoms with van der Waals surface area (Å²) in [5, 5.41) is 16.3. The van der Waals surface area contributed by atoms with Crippen molar-refractivity contribution in [3.8, 4) is 5.88 Å². The molecular weight excluding hydrogens is 356 g/mol. The Labute approximate surface area is 164 Å². The quantitative estimate of drug-likeness (QED) is 0.439. The molecule has 0 aliphatic heterocycles. The zero-order valence-corrected chi connectivity index (χ0v) is 16.5. The number of ether oxygens (including phenoxy) is 1. The lowest BCUT2D eigenvalue weighted by atomic mass is 10.2. The van der Waals surface area contributed by atoms with E-state index in [1.807, 2.05) is 39.0 Å². The summed E-state index contributed by atoms with van der Waals surface area (Å²) in [4.78, 5) is 11.3. The fourth-order valence-corrected chi connectivity index (χ4v) is 2.29. The number of pyridine rings is 1. The van der Waals surface area contributed by atoms with E-state index < -0.39 is 0 Å². The summed E-state index contributed by atoms with van der Waals surface area (Å²) < 4.78 is 5.61. The standard InChI is InChI=1S/C20H24N6O2/c1-14(2)26-23-19(22-25-26)13-27-20-10-9-18(11-21-20)16(4)24-28-12-17-7-5-15(3)6-8-17/h5-11,14H,12-13H2,1-4H3/b24-16+. The van der Waals surface area contributed by atoms with Gasteiger partial charge in [0.15, 0.2) is 6.61 Å². The van der Waals surface area contributed by atoms with Gasteiger partial charge in [-0.15, -0.1) is 10.2 Å². The average Bonchev–Trinajstić information content (AvgIpc) is 3.18. The summed E-state index contributed by atoms with van der Waals surface area (Å²) in [6.45, 7) is 8.55. The van der Waals surface area contributed by atoms with E-state index in [1.165, 1.54) is 5.56 Å². The summed E-state index contributed by atoms with van der Waals surface area (Å²) in [5.41, 5.74) is 3.90. The van der Waals surface area contributed by atoms with Gasteiger partial charge in [-0.2, -0.15) is 4.80 Å². The molecule has 0 unspecified atom stereocenters. The third kappa shape index (κ3) is 5.35. The van der Waals surface area contributed by atoms with Gasteiger partial charge in [-0.3, -0.25) is 0 Å². The van der Waals surface area contributed by atoms with Crippen molar-refractivity contribution in [2.24, 2.45) is 5.16 Å². The molecule has 0 amide bonds. The van der Waals surface area contributed by atoms with Crippen molar-refractivity contribution >= 4 is 5.71 Å². The molecule has 0 aliphatic carbocycles. The van der Waals surface area contributed by atoms with Crippen molar-refractivity contribution in [2.45, 2.75) is 47.0 Å². The highest BCUT2D eigenvalue weighted by Gasteiger charge is 2.07. The summed E-state index contributed by atoms with van der Waals surface area (Å²) >= 11 is 0. The lowest BCUT2D eigenvalue weighted by molar-refractivity contribution is 0.130. The smallest absolute Gasteiger partial charge is 0.213 e. The fraction of sp³-hybridized carbons (Fsp3) is 0.350. The Kier molecular flexibility index (Phi) is 6.31. The van der Waals surface area contributed by atoms with Crippen LogP contribution in [0.3, 0.4) is 0 Å². The molecule has 2 aromatic heterocycles. The summed E-state index contributed by atoms with van der Waals surface area (Å²) in [7, 11) is 0. The van der Waals surface area contributed by atoms with Gasteiger partial charge in [0.2, 0.25) is 11.7 Å². The van der Waals surface area contributed by atoms with Crippen LogP contribution in [-0.4, -0.2) is 30.9 Å². The second-order valence-electron chi connectivity index (χ2n) is 6.73. The molecule has 1 aromatic carbocycles. The first kappa shape index (κ1) is 19.5. The van der Waals surface area contributed by atoms with Gasteiger partial charge in [0.25, 0.3) is 0 Å². The molecule has 8 heteroatoms. The minimum absolute atomic E-state index is 0.161. The number of aryl methyl sites for hydroxylation is 1. The van der Waals surface area contributed by atoms with Gasteiger partial charge in [0.1, 0.15) is 6.61 Å². The lowest BCUT2D eigenvalue weighted by Gasteiger charge is -2.05. The molecule has 3 rings (SSSR count). The molecule has 0 fully saturated rings. The second-order valence-corrected chi connectivity index (χ2v) is 6.73. The van der Waals surface area contributed by atoms with E-state index in [0.29, 0.717) is 18.3 Å². The molecule has 0 spiro atoms. The second kappa shape index (κ2) is 9.07. The Bertz CT molecular complexity index is 917. The molecule has 0 atom stereocenters. The van der Waals surface area contributed by atoms with Gasteiger partial charge >= 0.3 is 0 Å². The van der Waals surface area contributed by atoms with Crippen LogP contribution in [0.15, 0.2) is 47.8 Å². The van der Waals surface area contributed by atoms with Crippen LogP contribution >= 0.6 is 0 Å². The van der Waals surface area contributed by atoms with Crippen molar-refractivity contribution < 1.29 is 9.57 Å². The lowest BCUT2D eigenvalue weighted by Crippen LogP contribution is -2.06. The molecule has 3 aromatic rings. The predicted octanol–water partition coefficient (Wildman–Crippen LogP) is 3.48. The molecule has 8 nitrogen and oxygen atoms in total. The van der Waals surface area contributed by atoms with Crippen molar-refractivity contribution in [1.29, 1.82) is 0 Å². The van der Waals surface area contributed by atoms with Crippen LogP contribution in [0.1, 0.15) is 49.3 Å². The number of rotatable bonds is 8. The van der Waals surface area contributed by atoms with Crippen molar-refractivity contribution in [1.82, 2.24) is 25.2 Å². The topological polar surface area (TPSA) is 87.3 Å². The highest BCUT2D eigenvalue weighted by Crippen LogP contribution is 2.11. The van der Waals surface area contributed by atoms with E-state index in [9.17, 15) is 0 Å². The molecule has 0 radical (unpaired) electrons. The normalized spacial score (nSPS) is 11.7. The molecule has 0 aliphatic rings. The first-order valence-electron chi connectivity index (χ1n) is 9.11. The van der Waals surface area contributed by atoms with Crippen LogP contribution in [-0.2, 0) is 18.1 Å². The number of oxime groups is 1. The third-order valence-electron chi connectivity index (χ3n) is 3.99.